The van der Waals surface area contributed by atoms with Crippen molar-refractivity contribution >= 4 is 39.8 Å². The van der Waals surface area contributed by atoms with Gasteiger partial charge in [0.15, 0.2) is 23.1 Å². The molecule has 3 aliphatic rings. The Kier molecular flexibility index (Phi) is 9.77. The molecule has 0 fully saturated rings. The number of hydrogen-bond acceptors (Lipinski definition) is 7. The predicted octanol–water partition coefficient (Wildman–Crippen LogP) is 9.11. The molecule has 9 heteroatoms. The maximum Gasteiger partial charge on any atom is 0.269 e. The van der Waals surface area contributed by atoms with Crippen LogP contribution in [0.15, 0.2) is 89.3 Å². The molecule has 0 unspecified atom stereocenters. The van der Waals surface area contributed by atoms with Crippen molar-refractivity contribution in [3.05, 3.63) is 120 Å². The highest BCUT2D eigenvalue weighted by Gasteiger charge is 2.49. The fraction of sp³-hybridized carbons (Fsp3) is 0.400. The number of nitrogens with zero attached hydrogens (tertiary/aromatic N) is 2. The van der Waals surface area contributed by atoms with Crippen LogP contribution in [0.1, 0.15) is 82.9 Å². The summed E-state index contributed by atoms with van der Waals surface area (Å²) in [4.78, 5) is 41.9. The zero-order chi connectivity index (χ0) is 35.1. The topological polar surface area (TPSA) is 99.0 Å². The van der Waals surface area contributed by atoms with Crippen molar-refractivity contribution in [2.24, 2.45) is 10.8 Å². The van der Waals surface area contributed by atoms with Crippen LogP contribution in [0.25, 0.3) is 0 Å². The van der Waals surface area contributed by atoms with E-state index in [9.17, 15) is 19.7 Å². The molecular weight excluding hydrogens is 731 g/mol. The third kappa shape index (κ3) is 7.32. The molecular formula is C40H43IN2O6. The average molecular weight is 775 g/mol. The van der Waals surface area contributed by atoms with E-state index in [0.29, 0.717) is 43.1 Å². The summed E-state index contributed by atoms with van der Waals surface area (Å²) in [6, 6.07) is 20.7. The fourth-order valence-electron chi connectivity index (χ4n) is 7.61. The van der Waals surface area contributed by atoms with Gasteiger partial charge < -0.3 is 14.4 Å². The Labute approximate surface area is 301 Å². The van der Waals surface area contributed by atoms with Crippen molar-refractivity contribution in [3.8, 4) is 11.5 Å². The smallest absolute Gasteiger partial charge is 0.269 e. The van der Waals surface area contributed by atoms with E-state index in [0.717, 1.165) is 50.9 Å². The quantitative estimate of drug-likeness (QED) is 0.115. The normalized spacial score (nSPS) is 18.7. The lowest BCUT2D eigenvalue weighted by atomic mass is 9.63. The molecule has 0 saturated carbocycles. The number of ketones is 2. The highest BCUT2D eigenvalue weighted by atomic mass is 127. The summed E-state index contributed by atoms with van der Waals surface area (Å²) in [5, 5.41) is 11.3. The van der Waals surface area contributed by atoms with Gasteiger partial charge in [-0.2, -0.15) is 0 Å². The van der Waals surface area contributed by atoms with Gasteiger partial charge in [0, 0.05) is 60.0 Å². The number of carbonyl (C=O) groups excluding carboxylic acids is 2. The number of ether oxygens (including phenoxy) is 2. The van der Waals surface area contributed by atoms with Crippen molar-refractivity contribution in [2.45, 2.75) is 79.2 Å². The van der Waals surface area contributed by atoms with E-state index >= 15 is 0 Å². The van der Waals surface area contributed by atoms with Crippen molar-refractivity contribution in [1.82, 2.24) is 4.90 Å². The Morgan fingerprint density at radius 3 is 2.04 bits per heavy atom. The number of nitro groups is 1. The monoisotopic (exact) mass is 774 g/mol. The van der Waals surface area contributed by atoms with Gasteiger partial charge in [0.05, 0.1) is 15.1 Å². The van der Waals surface area contributed by atoms with E-state index in [1.165, 1.54) is 17.7 Å². The first-order chi connectivity index (χ1) is 23.3. The van der Waals surface area contributed by atoms with Gasteiger partial charge in [0.25, 0.3) is 5.69 Å². The number of nitro benzene ring substituents is 1. The van der Waals surface area contributed by atoms with Crippen LogP contribution in [0.4, 0.5) is 5.69 Å². The molecule has 8 nitrogen and oxygen atoms in total. The molecule has 0 bridgehead atoms. The van der Waals surface area contributed by atoms with Crippen LogP contribution >= 0.6 is 22.6 Å². The molecule has 3 aromatic carbocycles. The van der Waals surface area contributed by atoms with Crippen LogP contribution in [0.5, 0.6) is 11.5 Å². The van der Waals surface area contributed by atoms with E-state index in [4.69, 9.17) is 9.47 Å². The Hall–Kier alpha value is -3.99. The minimum absolute atomic E-state index is 0.0000913. The number of carbonyl (C=O) groups is 2. The van der Waals surface area contributed by atoms with Gasteiger partial charge >= 0.3 is 0 Å². The Morgan fingerprint density at radius 2 is 1.45 bits per heavy atom. The molecule has 0 spiro atoms. The molecule has 1 heterocycles. The second-order valence-electron chi connectivity index (χ2n) is 14.9. The summed E-state index contributed by atoms with van der Waals surface area (Å²) < 4.78 is 13.2. The van der Waals surface area contributed by atoms with E-state index in [-0.39, 0.29) is 34.7 Å². The molecule has 0 atom stereocenters. The number of non-ortho nitro benzene ring substituents is 1. The minimum atomic E-state index is -0.510. The molecule has 256 valence electrons. The molecule has 0 aromatic heterocycles. The van der Waals surface area contributed by atoms with Gasteiger partial charge in [-0.05, 0) is 88.4 Å². The summed E-state index contributed by atoms with van der Waals surface area (Å²) in [6.45, 7) is 11.7. The lowest BCUT2D eigenvalue weighted by molar-refractivity contribution is -0.384. The van der Waals surface area contributed by atoms with Gasteiger partial charge in [0.1, 0.15) is 6.61 Å². The molecule has 0 radical (unpaired) electrons. The predicted molar refractivity (Wildman–Crippen MR) is 197 cm³/mol. The Morgan fingerprint density at radius 1 is 0.837 bits per heavy atom. The summed E-state index contributed by atoms with van der Waals surface area (Å²) in [7, 11) is 0. The lowest BCUT2D eigenvalue weighted by Crippen LogP contribution is -2.45. The maximum absolute atomic E-state index is 14.3. The van der Waals surface area contributed by atoms with Crippen LogP contribution < -0.4 is 9.47 Å². The highest BCUT2D eigenvalue weighted by Crippen LogP contribution is 2.55. The van der Waals surface area contributed by atoms with Crippen molar-refractivity contribution in [1.29, 1.82) is 0 Å². The number of Topliss-reactive ketones (excluding diaryl/α,β-unsaturated/α-hetero) is 2. The maximum atomic E-state index is 14.3. The lowest BCUT2D eigenvalue weighted by Gasteiger charge is -2.49. The zero-order valence-corrected chi connectivity index (χ0v) is 31.0. The number of benzene rings is 3. The zero-order valence-electron chi connectivity index (χ0n) is 28.8. The van der Waals surface area contributed by atoms with Gasteiger partial charge in [-0.1, -0.05) is 70.2 Å². The van der Waals surface area contributed by atoms with E-state index in [2.05, 4.69) is 67.3 Å². The van der Waals surface area contributed by atoms with E-state index in [1.54, 1.807) is 12.1 Å². The number of rotatable bonds is 10. The molecule has 3 aromatic rings. The summed E-state index contributed by atoms with van der Waals surface area (Å²) in [6.07, 6.45) is 3.11. The van der Waals surface area contributed by atoms with E-state index < -0.39 is 10.8 Å². The molecule has 1 aliphatic heterocycles. The van der Waals surface area contributed by atoms with Gasteiger partial charge in [0.2, 0.25) is 0 Å². The second kappa shape index (κ2) is 13.7. The third-order valence-electron chi connectivity index (χ3n) is 9.66. The SMILES string of the molecule is CCOc1cc(C2C3=C(CC(C)(C)CC3=O)N(CCc3ccccc3)C3=C2C(=O)CC(C)(C)C3)cc(I)c1OCc1cccc([N+](=O)[O-])c1. The van der Waals surface area contributed by atoms with Crippen LogP contribution in [0, 0.1) is 24.5 Å². The first-order valence-electron chi connectivity index (χ1n) is 16.9. The van der Waals surface area contributed by atoms with E-state index in [1.807, 2.05) is 37.3 Å². The molecule has 6 rings (SSSR count). The number of allylic oxidation sites excluding steroid dienone is 4. The highest BCUT2D eigenvalue weighted by molar-refractivity contribution is 14.1. The second-order valence-corrected chi connectivity index (χ2v) is 16.1. The van der Waals surface area contributed by atoms with Crippen LogP contribution in [0.2, 0.25) is 0 Å². The van der Waals surface area contributed by atoms with Crippen LogP contribution in [-0.4, -0.2) is 34.5 Å². The van der Waals surface area contributed by atoms with Crippen molar-refractivity contribution in [2.75, 3.05) is 13.2 Å². The first kappa shape index (κ1) is 34.9. The van der Waals surface area contributed by atoms with Gasteiger partial charge in [-0.15, -0.1) is 0 Å². The number of halogens is 1. The minimum Gasteiger partial charge on any atom is -0.490 e. The Balaban J connectivity index is 1.47. The molecule has 0 N–H and O–H groups in total. The largest absolute Gasteiger partial charge is 0.490 e. The molecule has 49 heavy (non-hydrogen) atoms. The number of hydrogen-bond donors (Lipinski definition) is 0. The third-order valence-corrected chi connectivity index (χ3v) is 10.5. The van der Waals surface area contributed by atoms with Gasteiger partial charge in [-0.25, -0.2) is 0 Å². The van der Waals surface area contributed by atoms with Crippen LogP contribution in [-0.2, 0) is 22.6 Å². The van der Waals surface area contributed by atoms with Crippen LogP contribution in [0.3, 0.4) is 0 Å². The fourth-order valence-corrected chi connectivity index (χ4v) is 8.39. The standard InChI is InChI=1S/C40H43IN2O6/c1-6-48-34-19-27(18-29(41)38(34)49-24-26-13-10-14-28(17-26)43(46)47)35-36-30(20-39(2,3)22-32(36)44)42(16-15-25-11-8-7-9-12-25)31-21-40(4,5)23-33(45)37(31)35/h7-14,17-19,35H,6,15-16,20-24H2,1-5H3. The molecule has 2 aliphatic carbocycles. The summed E-state index contributed by atoms with van der Waals surface area (Å²) >= 11 is 2.22. The summed E-state index contributed by atoms with van der Waals surface area (Å²) in [5.41, 5.74) is 5.79. The summed E-state index contributed by atoms with van der Waals surface area (Å²) in [5.74, 6) is 0.698. The van der Waals surface area contributed by atoms with Crippen molar-refractivity contribution in [3.63, 3.8) is 0 Å². The Bertz CT molecular complexity index is 1820. The average Bonchev–Trinajstić information content (AvgIpc) is 3.02. The first-order valence-corrected chi connectivity index (χ1v) is 18.0. The molecule has 0 saturated heterocycles. The molecule has 0 amide bonds. The van der Waals surface area contributed by atoms with Crippen molar-refractivity contribution < 1.29 is 24.0 Å². The van der Waals surface area contributed by atoms with Gasteiger partial charge in [-0.3, -0.25) is 19.7 Å².